The number of aliphatic hydroxyl groups is 1. The van der Waals surface area contributed by atoms with E-state index in [4.69, 9.17) is 0 Å². The first-order valence-electron chi connectivity index (χ1n) is 7.93. The number of hydrogen-bond acceptors (Lipinski definition) is 4. The van der Waals surface area contributed by atoms with Gasteiger partial charge in [0.1, 0.15) is 0 Å². The topological polar surface area (TPSA) is 55.8 Å². The van der Waals surface area contributed by atoms with Gasteiger partial charge in [-0.15, -0.1) is 11.3 Å². The van der Waals surface area contributed by atoms with Gasteiger partial charge < -0.3 is 15.3 Å². The number of nitrogens with one attached hydrogen (secondary N) is 1. The number of carbonyl (C=O) groups is 1. The molecule has 2 unspecified atom stereocenters. The van der Waals surface area contributed by atoms with E-state index >= 15 is 0 Å². The predicted octanol–water partition coefficient (Wildman–Crippen LogP) is 1.91. The SMILES string of the molecule is CC(O)CCN(C)C(=O)NCC(C)N1CCc2sccc2C1. The number of thiophene rings is 1. The van der Waals surface area contributed by atoms with Crippen LogP contribution in [-0.2, 0) is 13.0 Å². The average molecular weight is 325 g/mol. The summed E-state index contributed by atoms with van der Waals surface area (Å²) in [5, 5.41) is 14.4. The van der Waals surface area contributed by atoms with Crippen molar-refractivity contribution < 1.29 is 9.90 Å². The Labute approximate surface area is 136 Å². The fraction of sp³-hybridized carbons (Fsp3) is 0.688. The zero-order valence-electron chi connectivity index (χ0n) is 13.7. The van der Waals surface area contributed by atoms with E-state index in [1.54, 1.807) is 18.9 Å². The summed E-state index contributed by atoms with van der Waals surface area (Å²) in [6.45, 7) is 7.16. The molecule has 5 nitrogen and oxygen atoms in total. The Morgan fingerprint density at radius 1 is 1.55 bits per heavy atom. The van der Waals surface area contributed by atoms with Gasteiger partial charge in [-0.25, -0.2) is 4.79 Å². The molecule has 1 aromatic heterocycles. The highest BCUT2D eigenvalue weighted by atomic mass is 32.1. The molecule has 2 amide bonds. The molecule has 2 heterocycles. The molecule has 1 aliphatic rings. The van der Waals surface area contributed by atoms with Crippen LogP contribution in [0.2, 0.25) is 0 Å². The van der Waals surface area contributed by atoms with E-state index in [0.29, 0.717) is 25.6 Å². The number of aliphatic hydroxyl groups excluding tert-OH is 1. The minimum absolute atomic E-state index is 0.0688. The van der Waals surface area contributed by atoms with E-state index in [-0.39, 0.29) is 12.1 Å². The lowest BCUT2D eigenvalue weighted by Crippen LogP contribution is -2.47. The molecule has 2 N–H and O–H groups in total. The molecule has 0 aromatic carbocycles. The zero-order chi connectivity index (χ0) is 16.1. The third kappa shape index (κ3) is 4.69. The molecule has 0 bridgehead atoms. The van der Waals surface area contributed by atoms with Crippen molar-refractivity contribution in [2.45, 2.75) is 45.4 Å². The first-order chi connectivity index (χ1) is 10.5. The van der Waals surface area contributed by atoms with Crippen molar-refractivity contribution in [2.75, 3.05) is 26.7 Å². The maximum atomic E-state index is 12.0. The predicted molar refractivity (Wildman–Crippen MR) is 90.2 cm³/mol. The Hall–Kier alpha value is -1.11. The average Bonchev–Trinajstić information content (AvgIpc) is 2.97. The van der Waals surface area contributed by atoms with Gasteiger partial charge in [-0.2, -0.15) is 0 Å². The minimum Gasteiger partial charge on any atom is -0.393 e. The lowest BCUT2D eigenvalue weighted by Gasteiger charge is -2.33. The number of amides is 2. The molecule has 0 radical (unpaired) electrons. The van der Waals surface area contributed by atoms with Gasteiger partial charge in [-0.3, -0.25) is 4.90 Å². The fourth-order valence-electron chi connectivity index (χ4n) is 2.63. The summed E-state index contributed by atoms with van der Waals surface area (Å²) in [6.07, 6.45) is 1.34. The largest absolute Gasteiger partial charge is 0.393 e. The lowest BCUT2D eigenvalue weighted by atomic mass is 10.1. The van der Waals surface area contributed by atoms with Gasteiger partial charge in [0.2, 0.25) is 0 Å². The third-order valence-corrected chi connectivity index (χ3v) is 5.26. The Bertz CT molecular complexity index is 489. The molecular formula is C16H27N3O2S. The summed E-state index contributed by atoms with van der Waals surface area (Å²) in [7, 11) is 1.76. The van der Waals surface area contributed by atoms with Crippen LogP contribution in [0.1, 0.15) is 30.7 Å². The van der Waals surface area contributed by atoms with Gasteiger partial charge in [-0.1, -0.05) is 0 Å². The van der Waals surface area contributed by atoms with Crippen molar-refractivity contribution in [3.05, 3.63) is 21.9 Å². The molecule has 124 valence electrons. The number of hydrogen-bond donors (Lipinski definition) is 2. The minimum atomic E-state index is -0.373. The van der Waals surface area contributed by atoms with Gasteiger partial charge in [0.15, 0.2) is 0 Å². The smallest absolute Gasteiger partial charge is 0.317 e. The van der Waals surface area contributed by atoms with E-state index in [1.165, 1.54) is 10.4 Å². The number of carbonyl (C=O) groups excluding carboxylic acids is 1. The number of rotatable bonds is 6. The summed E-state index contributed by atoms with van der Waals surface area (Å²) >= 11 is 1.85. The highest BCUT2D eigenvalue weighted by Gasteiger charge is 2.22. The Balaban J connectivity index is 1.73. The van der Waals surface area contributed by atoms with Crippen LogP contribution in [0.4, 0.5) is 4.79 Å². The highest BCUT2D eigenvalue weighted by Crippen LogP contribution is 2.24. The summed E-state index contributed by atoms with van der Waals surface area (Å²) < 4.78 is 0. The van der Waals surface area contributed by atoms with Crippen molar-refractivity contribution in [3.63, 3.8) is 0 Å². The molecule has 0 fully saturated rings. The van der Waals surface area contributed by atoms with Gasteiger partial charge >= 0.3 is 6.03 Å². The molecular weight excluding hydrogens is 298 g/mol. The van der Waals surface area contributed by atoms with Gasteiger partial charge in [0, 0.05) is 44.1 Å². The fourth-order valence-corrected chi connectivity index (χ4v) is 3.52. The molecule has 1 aliphatic heterocycles. The summed E-state index contributed by atoms with van der Waals surface area (Å²) in [6, 6.07) is 2.46. The Morgan fingerprint density at radius 3 is 3.05 bits per heavy atom. The van der Waals surface area contributed by atoms with Crippen LogP contribution < -0.4 is 5.32 Å². The van der Waals surface area contributed by atoms with E-state index in [1.807, 2.05) is 11.3 Å². The number of nitrogens with zero attached hydrogens (tertiary/aromatic N) is 2. The molecule has 6 heteroatoms. The van der Waals surface area contributed by atoms with Gasteiger partial charge in [-0.05, 0) is 43.7 Å². The standard InChI is InChI=1S/C16H27N3O2S/c1-12(10-17-16(21)18(3)7-4-13(2)20)19-8-5-15-14(11-19)6-9-22-15/h6,9,12-13,20H,4-5,7-8,10-11H2,1-3H3,(H,17,21). The molecule has 0 saturated carbocycles. The molecule has 0 aliphatic carbocycles. The Kier molecular flexibility index (Phi) is 6.23. The molecule has 0 spiro atoms. The molecule has 0 saturated heterocycles. The highest BCUT2D eigenvalue weighted by molar-refractivity contribution is 7.10. The lowest BCUT2D eigenvalue weighted by molar-refractivity contribution is 0.158. The van der Waals surface area contributed by atoms with Crippen molar-refractivity contribution >= 4 is 17.4 Å². The van der Waals surface area contributed by atoms with E-state index in [2.05, 4.69) is 28.6 Å². The third-order valence-electron chi connectivity index (χ3n) is 4.24. The van der Waals surface area contributed by atoms with Crippen molar-refractivity contribution in [1.29, 1.82) is 0 Å². The first-order valence-corrected chi connectivity index (χ1v) is 8.81. The molecule has 2 atom stereocenters. The molecule has 2 rings (SSSR count). The van der Waals surface area contributed by atoms with Crippen LogP contribution >= 0.6 is 11.3 Å². The van der Waals surface area contributed by atoms with Gasteiger partial charge in [0.05, 0.1) is 6.10 Å². The van der Waals surface area contributed by atoms with Crippen molar-refractivity contribution in [2.24, 2.45) is 0 Å². The van der Waals surface area contributed by atoms with Crippen LogP contribution in [0, 0.1) is 0 Å². The van der Waals surface area contributed by atoms with E-state index in [0.717, 1.165) is 19.5 Å². The monoisotopic (exact) mass is 325 g/mol. The van der Waals surface area contributed by atoms with Crippen molar-refractivity contribution in [1.82, 2.24) is 15.1 Å². The number of urea groups is 1. The van der Waals surface area contributed by atoms with E-state index < -0.39 is 0 Å². The maximum Gasteiger partial charge on any atom is 0.317 e. The first kappa shape index (κ1) is 17.2. The molecule has 22 heavy (non-hydrogen) atoms. The number of fused-ring (bicyclic) bond motifs is 1. The van der Waals surface area contributed by atoms with Crippen LogP contribution in [0.15, 0.2) is 11.4 Å². The van der Waals surface area contributed by atoms with Crippen LogP contribution in [0.3, 0.4) is 0 Å². The Morgan fingerprint density at radius 2 is 2.32 bits per heavy atom. The zero-order valence-corrected chi connectivity index (χ0v) is 14.5. The summed E-state index contributed by atoms with van der Waals surface area (Å²) in [5.74, 6) is 0. The van der Waals surface area contributed by atoms with Gasteiger partial charge in [0.25, 0.3) is 0 Å². The second-order valence-corrected chi connectivity index (χ2v) is 7.18. The van der Waals surface area contributed by atoms with Crippen molar-refractivity contribution in [3.8, 4) is 0 Å². The van der Waals surface area contributed by atoms with Crippen LogP contribution in [0.5, 0.6) is 0 Å². The second-order valence-electron chi connectivity index (χ2n) is 6.18. The van der Waals surface area contributed by atoms with Crippen LogP contribution in [0.25, 0.3) is 0 Å². The molecule has 1 aromatic rings. The van der Waals surface area contributed by atoms with E-state index in [9.17, 15) is 9.90 Å². The summed E-state index contributed by atoms with van der Waals surface area (Å²) in [5.41, 5.74) is 1.43. The quantitative estimate of drug-likeness (QED) is 0.840. The second kappa shape index (κ2) is 7.94. The van der Waals surface area contributed by atoms with Crippen LogP contribution in [-0.4, -0.2) is 59.8 Å². The normalized spacial score (nSPS) is 17.6. The summed E-state index contributed by atoms with van der Waals surface area (Å²) in [4.78, 5) is 17.6. The maximum absolute atomic E-state index is 12.0.